The van der Waals surface area contributed by atoms with Crippen molar-refractivity contribution >= 4 is 12.4 Å². The molecule has 0 saturated carbocycles. The molecule has 0 spiro atoms. The highest BCUT2D eigenvalue weighted by Crippen LogP contribution is 2.12. The minimum absolute atomic E-state index is 0.144. The van der Waals surface area contributed by atoms with Crippen LogP contribution in [0.1, 0.15) is 20.8 Å². The van der Waals surface area contributed by atoms with Crippen molar-refractivity contribution in [3.8, 4) is 0 Å². The van der Waals surface area contributed by atoms with Gasteiger partial charge in [-0.05, 0) is 20.8 Å². The van der Waals surface area contributed by atoms with Crippen LogP contribution in [0.15, 0.2) is 0 Å². The molecule has 0 aromatic carbocycles. The van der Waals surface area contributed by atoms with Gasteiger partial charge in [0.05, 0.1) is 5.92 Å². The molecule has 0 N–H and O–H groups in total. The smallest absolute Gasteiger partial charge is 0.410 e. The lowest BCUT2D eigenvalue weighted by Gasteiger charge is -2.25. The first kappa shape index (κ1) is 14.8. The fraction of sp³-hybridized carbons (Fsp3) is 0.800. The van der Waals surface area contributed by atoms with Gasteiger partial charge in [-0.3, -0.25) is 0 Å². The highest BCUT2D eigenvalue weighted by atomic mass is 19.3. The third-order valence-electron chi connectivity index (χ3n) is 1.69. The predicted molar refractivity (Wildman–Crippen MR) is 54.4 cm³/mol. The average Bonchev–Trinajstić information content (AvgIpc) is 2.10. The lowest BCUT2D eigenvalue weighted by molar-refractivity contribution is -0.115. The summed E-state index contributed by atoms with van der Waals surface area (Å²) in [5.41, 5.74) is -0.688. The van der Waals surface area contributed by atoms with E-state index in [1.165, 1.54) is 7.05 Å². The molecular weight excluding hydrogens is 220 g/mol. The van der Waals surface area contributed by atoms with Crippen molar-refractivity contribution in [2.45, 2.75) is 32.8 Å². The summed E-state index contributed by atoms with van der Waals surface area (Å²) in [6.45, 7) is 4.66. The molecule has 0 aliphatic carbocycles. The fourth-order valence-electron chi connectivity index (χ4n) is 0.913. The summed E-state index contributed by atoms with van der Waals surface area (Å²) in [4.78, 5) is 22.7. The van der Waals surface area contributed by atoms with Gasteiger partial charge in [-0.1, -0.05) is 0 Å². The first-order valence-corrected chi connectivity index (χ1v) is 4.85. The molecule has 4 nitrogen and oxygen atoms in total. The van der Waals surface area contributed by atoms with Gasteiger partial charge in [0.15, 0.2) is 0 Å². The Morgan fingerprint density at radius 1 is 1.44 bits per heavy atom. The Balaban J connectivity index is 4.29. The molecule has 0 aliphatic rings. The van der Waals surface area contributed by atoms with Crippen LogP contribution in [0.2, 0.25) is 0 Å². The van der Waals surface area contributed by atoms with E-state index in [1.807, 2.05) is 0 Å². The van der Waals surface area contributed by atoms with Crippen LogP contribution in [-0.2, 0) is 9.53 Å². The lowest BCUT2D eigenvalue weighted by atomic mass is 10.2. The number of carbonyl (C=O) groups excluding carboxylic acids is 2. The Labute approximate surface area is 93.6 Å². The summed E-state index contributed by atoms with van der Waals surface area (Å²) < 4.78 is 29.5. The van der Waals surface area contributed by atoms with Crippen LogP contribution in [0.5, 0.6) is 0 Å². The average molecular weight is 237 g/mol. The lowest BCUT2D eigenvalue weighted by Crippen LogP contribution is -2.38. The monoisotopic (exact) mass is 237 g/mol. The van der Waals surface area contributed by atoms with Gasteiger partial charge in [-0.15, -0.1) is 0 Å². The van der Waals surface area contributed by atoms with Crippen LogP contribution in [0.25, 0.3) is 0 Å². The van der Waals surface area contributed by atoms with E-state index in [-0.39, 0.29) is 12.8 Å². The Hall–Kier alpha value is -1.20. The van der Waals surface area contributed by atoms with E-state index in [0.29, 0.717) is 0 Å². The molecule has 0 fully saturated rings. The van der Waals surface area contributed by atoms with Gasteiger partial charge in [0.2, 0.25) is 6.43 Å². The molecule has 0 saturated heterocycles. The van der Waals surface area contributed by atoms with Crippen LogP contribution in [-0.4, -0.2) is 42.9 Å². The topological polar surface area (TPSA) is 46.6 Å². The zero-order chi connectivity index (χ0) is 12.9. The molecule has 0 rings (SSSR count). The summed E-state index contributed by atoms with van der Waals surface area (Å²) in [6, 6.07) is 0. The van der Waals surface area contributed by atoms with Crippen LogP contribution < -0.4 is 0 Å². The van der Waals surface area contributed by atoms with Gasteiger partial charge in [0, 0.05) is 13.6 Å². The maximum absolute atomic E-state index is 12.3. The van der Waals surface area contributed by atoms with Gasteiger partial charge in [-0.25, -0.2) is 13.6 Å². The van der Waals surface area contributed by atoms with Crippen LogP contribution >= 0.6 is 0 Å². The molecule has 16 heavy (non-hydrogen) atoms. The number of alkyl halides is 2. The van der Waals surface area contributed by atoms with Crippen molar-refractivity contribution in [1.82, 2.24) is 4.90 Å². The van der Waals surface area contributed by atoms with Gasteiger partial charge in [0.25, 0.3) is 0 Å². The number of aldehydes is 1. The second kappa shape index (κ2) is 5.77. The van der Waals surface area contributed by atoms with Gasteiger partial charge < -0.3 is 14.4 Å². The SMILES string of the molecule is CN(CC(C=O)C(F)F)C(=O)OC(C)(C)C. The predicted octanol–water partition coefficient (Wildman–Crippen LogP) is 1.93. The number of rotatable bonds is 4. The molecule has 0 aliphatic heterocycles. The maximum Gasteiger partial charge on any atom is 0.410 e. The molecule has 94 valence electrons. The van der Waals surface area contributed by atoms with Crippen molar-refractivity contribution in [2.75, 3.05) is 13.6 Å². The molecule has 0 bridgehead atoms. The summed E-state index contributed by atoms with van der Waals surface area (Å²) in [5.74, 6) is -1.47. The van der Waals surface area contributed by atoms with E-state index in [1.54, 1.807) is 20.8 Å². The zero-order valence-corrected chi connectivity index (χ0v) is 9.87. The number of carbonyl (C=O) groups is 2. The second-order valence-electron chi connectivity index (χ2n) is 4.50. The molecule has 1 atom stereocenters. The van der Waals surface area contributed by atoms with E-state index >= 15 is 0 Å². The largest absolute Gasteiger partial charge is 0.444 e. The van der Waals surface area contributed by atoms with E-state index in [4.69, 9.17) is 4.74 Å². The standard InChI is InChI=1S/C10H17F2NO3/c1-10(2,3)16-9(15)13(4)5-7(6-14)8(11)12/h6-8H,5H2,1-4H3. The molecular formula is C10H17F2NO3. The highest BCUT2D eigenvalue weighted by Gasteiger charge is 2.26. The van der Waals surface area contributed by atoms with E-state index in [9.17, 15) is 18.4 Å². The minimum Gasteiger partial charge on any atom is -0.444 e. The molecule has 6 heteroatoms. The molecule has 0 radical (unpaired) electrons. The van der Waals surface area contributed by atoms with Crippen molar-refractivity contribution in [1.29, 1.82) is 0 Å². The van der Waals surface area contributed by atoms with Crippen molar-refractivity contribution in [3.63, 3.8) is 0 Å². The number of ether oxygens (including phenoxy) is 1. The molecule has 1 unspecified atom stereocenters. The zero-order valence-electron chi connectivity index (χ0n) is 9.87. The Kier molecular flexibility index (Phi) is 5.33. The summed E-state index contributed by atoms with van der Waals surface area (Å²) in [7, 11) is 1.31. The molecule has 1 amide bonds. The number of hydrogen-bond acceptors (Lipinski definition) is 3. The first-order valence-electron chi connectivity index (χ1n) is 4.85. The maximum atomic E-state index is 12.3. The third-order valence-corrected chi connectivity index (χ3v) is 1.69. The Morgan fingerprint density at radius 2 is 1.94 bits per heavy atom. The first-order chi connectivity index (χ1) is 7.17. The van der Waals surface area contributed by atoms with Crippen molar-refractivity contribution in [3.05, 3.63) is 0 Å². The second-order valence-corrected chi connectivity index (χ2v) is 4.50. The summed E-state index contributed by atoms with van der Waals surface area (Å²) in [5, 5.41) is 0. The Morgan fingerprint density at radius 3 is 2.25 bits per heavy atom. The van der Waals surface area contributed by atoms with Crippen molar-refractivity contribution in [2.24, 2.45) is 5.92 Å². The van der Waals surface area contributed by atoms with E-state index in [0.717, 1.165) is 4.90 Å². The van der Waals surface area contributed by atoms with Crippen LogP contribution in [0.4, 0.5) is 13.6 Å². The number of nitrogens with zero attached hydrogens (tertiary/aromatic N) is 1. The fourth-order valence-corrected chi connectivity index (χ4v) is 0.913. The van der Waals surface area contributed by atoms with Crippen molar-refractivity contribution < 1.29 is 23.1 Å². The minimum atomic E-state index is -2.78. The van der Waals surface area contributed by atoms with Gasteiger partial charge >= 0.3 is 6.09 Å². The number of hydrogen-bond donors (Lipinski definition) is 0. The quantitative estimate of drug-likeness (QED) is 0.702. The van der Waals surface area contributed by atoms with Crippen LogP contribution in [0, 0.1) is 5.92 Å². The number of halogens is 2. The molecule has 0 aromatic heterocycles. The Bertz CT molecular complexity index is 251. The van der Waals surface area contributed by atoms with E-state index < -0.39 is 24.0 Å². The van der Waals surface area contributed by atoms with Gasteiger partial charge in [0.1, 0.15) is 11.9 Å². The highest BCUT2D eigenvalue weighted by molar-refractivity contribution is 5.68. The normalized spacial score (nSPS) is 13.4. The third kappa shape index (κ3) is 5.63. The van der Waals surface area contributed by atoms with Gasteiger partial charge in [-0.2, -0.15) is 0 Å². The number of amides is 1. The van der Waals surface area contributed by atoms with E-state index in [2.05, 4.69) is 0 Å². The van der Waals surface area contributed by atoms with Crippen LogP contribution in [0.3, 0.4) is 0 Å². The summed E-state index contributed by atoms with van der Waals surface area (Å²) in [6.07, 6.45) is -3.35. The summed E-state index contributed by atoms with van der Waals surface area (Å²) >= 11 is 0. The molecule has 0 aromatic rings. The molecule has 0 heterocycles.